The molecule has 6 heterocycles. The van der Waals surface area contributed by atoms with Crippen molar-refractivity contribution in [1.29, 1.82) is 0 Å². The molecule has 6 rings (SSSR count). The average molecular weight is 531 g/mol. The van der Waals surface area contributed by atoms with Crippen LogP contribution in [-0.4, -0.2) is 38.8 Å². The largest absolute Gasteiger partial charge is 0.238 e. The van der Waals surface area contributed by atoms with Crippen molar-refractivity contribution in [3.63, 3.8) is 0 Å². The van der Waals surface area contributed by atoms with Gasteiger partial charge >= 0.3 is 0 Å². The van der Waals surface area contributed by atoms with Crippen molar-refractivity contribution in [2.45, 2.75) is 66.2 Å². The lowest BCUT2D eigenvalue weighted by atomic mass is 10.1. The van der Waals surface area contributed by atoms with E-state index in [0.717, 1.165) is 28.4 Å². The molecule has 0 aliphatic rings. The van der Waals surface area contributed by atoms with Crippen LogP contribution in [0.2, 0.25) is 5.15 Å². The molecular weight excluding hydrogens is 496 g/mol. The molecule has 0 atom stereocenters. The first-order valence-electron chi connectivity index (χ1n) is 12.9. The van der Waals surface area contributed by atoms with Crippen molar-refractivity contribution in [2.24, 2.45) is 0 Å². The predicted molar refractivity (Wildman–Crippen MR) is 153 cm³/mol. The van der Waals surface area contributed by atoms with Crippen LogP contribution in [0.3, 0.4) is 0 Å². The van der Waals surface area contributed by atoms with Gasteiger partial charge in [-0.25, -0.2) is 23.5 Å². The van der Waals surface area contributed by atoms with Crippen LogP contribution >= 0.6 is 11.6 Å². The molecule has 0 N–H and O–H groups in total. The van der Waals surface area contributed by atoms with Crippen LogP contribution in [0.15, 0.2) is 67.1 Å². The molecule has 0 radical (unpaired) electrons. The molecule has 0 bridgehead atoms. The van der Waals surface area contributed by atoms with Gasteiger partial charge < -0.3 is 0 Å². The molecular formula is C29H35ClN8. The summed E-state index contributed by atoms with van der Waals surface area (Å²) in [6, 6.07) is 15.9. The number of hydrogen-bond acceptors (Lipinski definition) is 5. The molecule has 0 aliphatic carbocycles. The average Bonchev–Trinajstić information content (AvgIpc) is 3.60. The summed E-state index contributed by atoms with van der Waals surface area (Å²) >= 11 is 5.84. The lowest BCUT2D eigenvalue weighted by molar-refractivity contribution is 0.752. The van der Waals surface area contributed by atoms with E-state index in [1.165, 1.54) is 11.2 Å². The van der Waals surface area contributed by atoms with Gasteiger partial charge in [-0.1, -0.05) is 53.1 Å². The first kappa shape index (κ1) is 27.3. The molecule has 0 fully saturated rings. The monoisotopic (exact) mass is 530 g/mol. The van der Waals surface area contributed by atoms with E-state index in [2.05, 4.69) is 85.0 Å². The molecule has 0 spiro atoms. The zero-order valence-corrected chi connectivity index (χ0v) is 23.8. The number of imidazole rings is 2. The second-order valence-corrected chi connectivity index (χ2v) is 10.5. The van der Waals surface area contributed by atoms with Gasteiger partial charge in [0, 0.05) is 24.3 Å². The van der Waals surface area contributed by atoms with Crippen LogP contribution in [0.4, 0.5) is 0 Å². The Morgan fingerprint density at radius 3 is 2.21 bits per heavy atom. The van der Waals surface area contributed by atoms with Crippen LogP contribution in [0.5, 0.6) is 0 Å². The van der Waals surface area contributed by atoms with Crippen LogP contribution in [0.25, 0.3) is 16.8 Å². The van der Waals surface area contributed by atoms with E-state index < -0.39 is 0 Å². The Morgan fingerprint density at radius 2 is 1.50 bits per heavy atom. The normalized spacial score (nSPS) is 11.3. The smallest absolute Gasteiger partial charge is 0.154 e. The summed E-state index contributed by atoms with van der Waals surface area (Å²) in [4.78, 5) is 8.54. The lowest BCUT2D eigenvalue weighted by Crippen LogP contribution is -2.00. The second kappa shape index (κ2) is 11.7. The predicted octanol–water partition coefficient (Wildman–Crippen LogP) is 7.12. The Balaban J connectivity index is 0.000000133. The van der Waals surface area contributed by atoms with Crippen LogP contribution in [0, 0.1) is 6.92 Å². The van der Waals surface area contributed by atoms with Crippen LogP contribution in [0.1, 0.15) is 82.1 Å². The number of hydrogen-bond donors (Lipinski definition) is 0. The first-order valence-corrected chi connectivity index (χ1v) is 13.3. The fraction of sp³-hybridized carbons (Fsp3) is 0.345. The zero-order valence-electron chi connectivity index (χ0n) is 23.0. The Bertz CT molecular complexity index is 1640. The maximum atomic E-state index is 5.84. The highest BCUT2D eigenvalue weighted by atomic mass is 35.5. The SMILES string of the molecule is CC(C)c1ccc2cccnn12.CC(C)c1ccc2nccn2n1.Cc1nc2ccc(Cl)nn2c1C(C)C. The Hall–Kier alpha value is -3.78. The summed E-state index contributed by atoms with van der Waals surface area (Å²) in [6.07, 6.45) is 5.44. The van der Waals surface area contributed by atoms with Gasteiger partial charge in [-0.15, -0.1) is 0 Å². The van der Waals surface area contributed by atoms with Crippen LogP contribution in [-0.2, 0) is 0 Å². The molecule has 198 valence electrons. The molecule has 6 aromatic rings. The highest BCUT2D eigenvalue weighted by Crippen LogP contribution is 2.20. The molecule has 0 aliphatic heterocycles. The summed E-state index contributed by atoms with van der Waals surface area (Å²) in [5.74, 6) is 1.40. The third kappa shape index (κ3) is 6.02. The molecule has 38 heavy (non-hydrogen) atoms. The third-order valence-electron chi connectivity index (χ3n) is 6.12. The molecule has 0 amide bonds. The summed E-state index contributed by atoms with van der Waals surface area (Å²) in [7, 11) is 0. The molecule has 9 heteroatoms. The fourth-order valence-electron chi connectivity index (χ4n) is 4.24. The quantitative estimate of drug-likeness (QED) is 0.243. The zero-order chi connectivity index (χ0) is 27.4. The van der Waals surface area contributed by atoms with Crippen molar-refractivity contribution in [2.75, 3.05) is 0 Å². The minimum Gasteiger partial charge on any atom is -0.238 e. The summed E-state index contributed by atoms with van der Waals surface area (Å²) in [5, 5.41) is 13.4. The third-order valence-corrected chi connectivity index (χ3v) is 6.32. The first-order chi connectivity index (χ1) is 18.2. The van der Waals surface area contributed by atoms with E-state index >= 15 is 0 Å². The fourth-order valence-corrected chi connectivity index (χ4v) is 4.38. The summed E-state index contributed by atoms with van der Waals surface area (Å²) in [6.45, 7) is 14.9. The van der Waals surface area contributed by atoms with Gasteiger partial charge in [-0.05, 0) is 73.2 Å². The van der Waals surface area contributed by atoms with Crippen molar-refractivity contribution in [3.05, 3.63) is 95.1 Å². The van der Waals surface area contributed by atoms with Gasteiger partial charge in [0.05, 0.1) is 22.6 Å². The van der Waals surface area contributed by atoms with E-state index in [-0.39, 0.29) is 0 Å². The number of aromatic nitrogens is 8. The van der Waals surface area contributed by atoms with Gasteiger partial charge in [-0.3, -0.25) is 0 Å². The lowest BCUT2D eigenvalue weighted by Gasteiger charge is -2.04. The molecule has 8 nitrogen and oxygen atoms in total. The van der Waals surface area contributed by atoms with E-state index in [0.29, 0.717) is 22.9 Å². The highest BCUT2D eigenvalue weighted by Gasteiger charge is 2.13. The summed E-state index contributed by atoms with van der Waals surface area (Å²) in [5.41, 5.74) is 7.44. The Morgan fingerprint density at radius 1 is 0.737 bits per heavy atom. The highest BCUT2D eigenvalue weighted by molar-refractivity contribution is 6.29. The topological polar surface area (TPSA) is 77.7 Å². The van der Waals surface area contributed by atoms with Crippen molar-refractivity contribution in [1.82, 2.24) is 38.8 Å². The molecule has 0 saturated heterocycles. The molecule has 0 saturated carbocycles. The number of halogens is 1. The number of fused-ring (bicyclic) bond motifs is 3. The van der Waals surface area contributed by atoms with Crippen molar-refractivity contribution < 1.29 is 0 Å². The second-order valence-electron chi connectivity index (χ2n) is 10.1. The van der Waals surface area contributed by atoms with E-state index in [1.54, 1.807) is 16.8 Å². The van der Waals surface area contributed by atoms with Crippen LogP contribution < -0.4 is 0 Å². The van der Waals surface area contributed by atoms with Gasteiger partial charge in [0.1, 0.15) is 5.15 Å². The summed E-state index contributed by atoms with van der Waals surface area (Å²) < 4.78 is 5.61. The van der Waals surface area contributed by atoms with E-state index in [9.17, 15) is 0 Å². The van der Waals surface area contributed by atoms with Crippen molar-refractivity contribution in [3.8, 4) is 0 Å². The van der Waals surface area contributed by atoms with Gasteiger partial charge in [0.2, 0.25) is 0 Å². The number of rotatable bonds is 3. The molecule has 0 unspecified atom stereocenters. The minimum atomic E-state index is 0.399. The number of aryl methyl sites for hydroxylation is 1. The Labute approximate surface area is 228 Å². The maximum absolute atomic E-state index is 5.84. The van der Waals surface area contributed by atoms with E-state index in [4.69, 9.17) is 11.6 Å². The van der Waals surface area contributed by atoms with E-state index in [1.807, 2.05) is 52.6 Å². The van der Waals surface area contributed by atoms with Gasteiger partial charge in [0.15, 0.2) is 11.3 Å². The molecule has 6 aromatic heterocycles. The van der Waals surface area contributed by atoms with Crippen molar-refractivity contribution >= 4 is 28.4 Å². The maximum Gasteiger partial charge on any atom is 0.154 e. The van der Waals surface area contributed by atoms with Gasteiger partial charge in [-0.2, -0.15) is 15.3 Å². The van der Waals surface area contributed by atoms with Gasteiger partial charge in [0.25, 0.3) is 0 Å². The minimum absolute atomic E-state index is 0.399. The standard InChI is InChI=1S/C10H12ClN3.C10H12N2.C9H11N3/c1-6(2)10-7(3)12-9-5-4-8(11)13-14(9)10;1-8(2)10-6-5-9-4-3-7-11-12(9)10;1-7(2)8-3-4-9-10-5-6-12(9)11-8/h4-6H,1-3H3;3-8H,1-2H3;3-7H,1-2H3. The molecule has 0 aromatic carbocycles. The Kier molecular flexibility index (Phi) is 8.42. The number of nitrogens with zero attached hydrogens (tertiary/aromatic N) is 8.